The van der Waals surface area contributed by atoms with E-state index < -0.39 is 8.07 Å². The summed E-state index contributed by atoms with van der Waals surface area (Å²) in [5, 5.41) is 5.90. The average molecular weight is 1070 g/mol. The van der Waals surface area contributed by atoms with Crippen LogP contribution in [0.3, 0.4) is 0 Å². The Kier molecular flexibility index (Phi) is 22.0. The Bertz CT molecular complexity index is 2700. The summed E-state index contributed by atoms with van der Waals surface area (Å²) in [6, 6.07) is 89.9. The smallest absolute Gasteiger partial charge is 1.00 e. The first kappa shape index (κ1) is 57.5. The van der Waals surface area contributed by atoms with Crippen LogP contribution in [0.1, 0.15) is 99.4 Å². The third kappa shape index (κ3) is 14.3. The molecule has 0 heterocycles. The van der Waals surface area contributed by atoms with Crippen LogP contribution in [0.5, 0.6) is 0 Å². The fourth-order valence-corrected chi connectivity index (χ4v) is 16.4. The monoisotopic (exact) mass is 1070 g/mol. The summed E-state index contributed by atoms with van der Waals surface area (Å²) in [7, 11) is -3.23. The molecule has 0 unspecified atom stereocenters. The van der Waals surface area contributed by atoms with E-state index in [-0.39, 0.29) is 58.9 Å². The summed E-state index contributed by atoms with van der Waals surface area (Å²) in [6.45, 7) is 2.33. The van der Waals surface area contributed by atoms with E-state index >= 15 is 0 Å². The van der Waals surface area contributed by atoms with E-state index in [1.54, 1.807) is 0 Å². The molecule has 0 N–H and O–H groups in total. The van der Waals surface area contributed by atoms with Crippen LogP contribution in [0.2, 0.25) is 0 Å². The molecule has 368 valence electrons. The van der Waals surface area contributed by atoms with E-state index in [1.807, 2.05) is 0 Å². The number of rotatable bonds is 19. The predicted molar refractivity (Wildman–Crippen MR) is 298 cm³/mol. The molecule has 0 aliphatic heterocycles. The molecule has 74 heavy (non-hydrogen) atoms. The second kappa shape index (κ2) is 28.2. The molecule has 0 fully saturated rings. The van der Waals surface area contributed by atoms with Crippen LogP contribution in [0.15, 0.2) is 253 Å². The first-order valence-corrected chi connectivity index (χ1v) is 27.5. The molecule has 0 saturated carbocycles. The molecular weight excluding hydrogens is 1010 g/mol. The Balaban J connectivity index is 0.00000223. The first-order valence-electron chi connectivity index (χ1n) is 25.5. The molecule has 1 aliphatic carbocycles. The van der Waals surface area contributed by atoms with Crippen molar-refractivity contribution in [3.05, 3.63) is 326 Å². The zero-order valence-corrected chi connectivity index (χ0v) is 47.1. The average Bonchev–Trinajstić information content (AvgIpc) is 3.86. The number of benzene rings is 9. The van der Waals surface area contributed by atoms with Crippen molar-refractivity contribution in [2.75, 3.05) is 0 Å². The van der Waals surface area contributed by atoms with Crippen molar-refractivity contribution < 1.29 is 58.9 Å². The summed E-state index contributed by atoms with van der Waals surface area (Å²) in [5.74, 6) is 0. The van der Waals surface area contributed by atoms with Gasteiger partial charge in [0.1, 0.15) is 0 Å². The molecule has 0 bridgehead atoms. The fraction of sp³-hybridized carbons (Fsp3) is 0.159. The molecule has 10 rings (SSSR count). The maximum atomic E-state index is 4.04. The minimum absolute atomic E-state index is 0. The standard InChI is InChI=1S/C69H63Si.3ClH.Ti/c1-2-3-35-65-36-22-37-69(65)70(66-47-59(38-53-23-10-4-11-24-53)44-60(48-66)39-54-25-12-5-13-26-54,67-49-61(40-55-27-14-6-15-28-55)45-62(50-67)41-56-29-16-7-17-30-56)68-51-63(42-57-31-18-8-19-32-57)46-64(52-68)43-58-33-20-9-21-34-58;;;;/h4-21,23-34,37,44-52H,2-3,22,35,38-43H2,1H3;3*1H;/q-1;;;;+4/p-3. The molecule has 5 heteroatoms. The van der Waals surface area contributed by atoms with Crippen LogP contribution in [-0.2, 0) is 60.2 Å². The number of hydrogen-bond acceptors (Lipinski definition) is 0. The fourth-order valence-electron chi connectivity index (χ4n) is 11.0. The third-order valence-electron chi connectivity index (χ3n) is 14.1. The van der Waals surface area contributed by atoms with E-state index in [9.17, 15) is 0 Å². The summed E-state index contributed by atoms with van der Waals surface area (Å²) in [5.41, 5.74) is 17.6. The van der Waals surface area contributed by atoms with Crippen molar-refractivity contribution >= 4 is 23.6 Å². The van der Waals surface area contributed by atoms with E-state index in [1.165, 1.54) is 93.1 Å². The molecule has 9 aromatic carbocycles. The van der Waals surface area contributed by atoms with Gasteiger partial charge in [-0.2, -0.15) is 11.3 Å². The second-order valence-corrected chi connectivity index (χ2v) is 23.2. The molecule has 0 saturated heterocycles. The molecule has 1 aliphatic rings. The van der Waals surface area contributed by atoms with Gasteiger partial charge in [-0.1, -0.05) is 278 Å². The van der Waals surface area contributed by atoms with Gasteiger partial charge in [-0.15, -0.1) is 6.42 Å². The maximum absolute atomic E-state index is 4.04. The predicted octanol–water partition coefficient (Wildman–Crippen LogP) is 5.50. The number of allylic oxidation sites excluding steroid dienone is 4. The number of unbranched alkanes of at least 4 members (excludes halogenated alkanes) is 1. The normalized spacial score (nSPS) is 11.7. The molecule has 0 nitrogen and oxygen atoms in total. The Morgan fingerprint density at radius 2 is 0.581 bits per heavy atom. The Hall–Kier alpha value is -5.74. The third-order valence-corrected chi connectivity index (χ3v) is 18.9. The summed E-state index contributed by atoms with van der Waals surface area (Å²) >= 11 is 0. The summed E-state index contributed by atoms with van der Waals surface area (Å²) in [6.07, 6.45) is 16.0. The van der Waals surface area contributed by atoms with Gasteiger partial charge in [-0.3, -0.25) is 6.08 Å². The van der Waals surface area contributed by atoms with Crippen molar-refractivity contribution in [2.45, 2.75) is 71.1 Å². The molecule has 0 aromatic heterocycles. The largest absolute Gasteiger partial charge is 4.00 e. The Morgan fingerprint density at radius 1 is 0.338 bits per heavy atom. The van der Waals surface area contributed by atoms with Crippen molar-refractivity contribution in [2.24, 2.45) is 0 Å². The van der Waals surface area contributed by atoms with E-state index in [4.69, 9.17) is 0 Å². The minimum atomic E-state index is -3.23. The number of halogens is 3. The van der Waals surface area contributed by atoms with E-state index in [0.29, 0.717) is 0 Å². The van der Waals surface area contributed by atoms with Crippen LogP contribution in [0, 0.1) is 6.08 Å². The topological polar surface area (TPSA) is 0 Å². The quantitative estimate of drug-likeness (QED) is 0.0571. The van der Waals surface area contributed by atoms with Gasteiger partial charge in [0, 0.05) is 0 Å². The Labute approximate surface area is 476 Å². The Morgan fingerprint density at radius 3 is 0.811 bits per heavy atom. The molecular formula is C69H63Cl3SiTi. The van der Waals surface area contributed by atoms with Gasteiger partial charge in [0.15, 0.2) is 0 Å². The van der Waals surface area contributed by atoms with Gasteiger partial charge in [0.25, 0.3) is 0 Å². The maximum Gasteiger partial charge on any atom is 4.00 e. The zero-order chi connectivity index (χ0) is 47.4. The van der Waals surface area contributed by atoms with Crippen molar-refractivity contribution in [3.63, 3.8) is 0 Å². The van der Waals surface area contributed by atoms with Crippen LogP contribution in [-0.4, -0.2) is 8.07 Å². The summed E-state index contributed by atoms with van der Waals surface area (Å²) < 4.78 is 0. The van der Waals surface area contributed by atoms with Crippen molar-refractivity contribution in [1.29, 1.82) is 0 Å². The van der Waals surface area contributed by atoms with Gasteiger partial charge in [0.05, 0.1) is 8.07 Å². The molecule has 9 aromatic rings. The number of hydrogen-bond donors (Lipinski definition) is 0. The molecule has 0 spiro atoms. The summed E-state index contributed by atoms with van der Waals surface area (Å²) in [4.78, 5) is 0. The molecule has 0 atom stereocenters. The van der Waals surface area contributed by atoms with Crippen molar-refractivity contribution in [3.8, 4) is 0 Å². The SMILES string of the molecule is CCCCC1=[C-]CC=C1[Si](c1cc(Cc2ccccc2)cc(Cc2ccccc2)c1)(c1cc(Cc2ccccc2)cc(Cc2ccccc2)c1)c1cc(Cc2ccccc2)cc(Cc2ccccc2)c1.[Cl-].[Cl-].[Cl-].[Ti+4]. The van der Waals surface area contributed by atoms with Gasteiger partial charge >= 0.3 is 21.7 Å². The zero-order valence-electron chi connectivity index (χ0n) is 42.3. The van der Waals surface area contributed by atoms with Gasteiger partial charge in [-0.05, 0) is 105 Å². The van der Waals surface area contributed by atoms with Crippen LogP contribution in [0.4, 0.5) is 0 Å². The molecule has 0 radical (unpaired) electrons. The van der Waals surface area contributed by atoms with E-state index in [2.05, 4.69) is 256 Å². The van der Waals surface area contributed by atoms with Gasteiger partial charge < -0.3 is 37.2 Å². The van der Waals surface area contributed by atoms with Crippen LogP contribution < -0.4 is 52.8 Å². The van der Waals surface area contributed by atoms with Crippen LogP contribution >= 0.6 is 0 Å². The minimum Gasteiger partial charge on any atom is -1.00 e. The first-order chi connectivity index (χ1) is 34.6. The van der Waals surface area contributed by atoms with Gasteiger partial charge in [-0.25, -0.2) is 5.57 Å². The second-order valence-electron chi connectivity index (χ2n) is 19.4. The van der Waals surface area contributed by atoms with Gasteiger partial charge in [0.2, 0.25) is 0 Å². The van der Waals surface area contributed by atoms with Crippen LogP contribution in [0.25, 0.3) is 0 Å². The van der Waals surface area contributed by atoms with E-state index in [0.717, 1.165) is 64.2 Å². The molecule has 0 amide bonds. The van der Waals surface area contributed by atoms with Crippen molar-refractivity contribution in [1.82, 2.24) is 0 Å².